The first-order valence-corrected chi connectivity index (χ1v) is 7.78. The predicted octanol–water partition coefficient (Wildman–Crippen LogP) is -1.19. The maximum absolute atomic E-state index is 11.9. The first kappa shape index (κ1) is 23.5. The highest BCUT2D eigenvalue weighted by molar-refractivity contribution is 5.71. The molecule has 2 heterocycles. The Morgan fingerprint density at radius 3 is 2.62 bits per heavy atom. The molecule has 3 N–H and O–H groups in total. The lowest BCUT2D eigenvalue weighted by molar-refractivity contribution is -0.154. The average Bonchev–Trinajstić information content (AvgIpc) is 3.07. The van der Waals surface area contributed by atoms with Gasteiger partial charge >= 0.3 is 17.3 Å². The van der Waals surface area contributed by atoms with Gasteiger partial charge in [0.05, 0.1) is 12.0 Å². The van der Waals surface area contributed by atoms with Crippen molar-refractivity contribution in [2.24, 2.45) is 5.92 Å². The van der Waals surface area contributed by atoms with Crippen molar-refractivity contribution in [1.82, 2.24) is 14.5 Å². The highest BCUT2D eigenvalue weighted by Gasteiger charge is 2.42. The number of terminal acetylenes is 1. The summed E-state index contributed by atoms with van der Waals surface area (Å²) in [5, 5.41) is 14.0. The molecule has 0 aliphatic carbocycles. The number of ether oxygens (including phenoxy) is 2. The van der Waals surface area contributed by atoms with Crippen LogP contribution in [0.25, 0.3) is 0 Å². The number of aliphatic hydroxyl groups excluding tert-OH is 2. The number of carbonyl (C=O) groups is 1. The third-order valence-corrected chi connectivity index (χ3v) is 3.39. The monoisotopic (exact) mass is 371 g/mol. The Balaban J connectivity index is 0.00000146. The van der Waals surface area contributed by atoms with Gasteiger partial charge in [0.15, 0.2) is 0 Å². The lowest BCUT2D eigenvalue weighted by atomic mass is 10.1. The van der Waals surface area contributed by atoms with Gasteiger partial charge in [-0.05, 0) is 12.3 Å². The zero-order valence-corrected chi connectivity index (χ0v) is 15.3. The van der Waals surface area contributed by atoms with Crippen molar-refractivity contribution in [3.05, 3.63) is 27.3 Å². The number of nitrogens with zero attached hydrogens (tertiary/aromatic N) is 2. The third kappa shape index (κ3) is 5.80. The smallest absolute Gasteiger partial charge is 0.350 e. The minimum atomic E-state index is -1.33. The fourth-order valence-corrected chi connectivity index (χ4v) is 2.17. The Morgan fingerprint density at radius 2 is 2.12 bits per heavy atom. The maximum atomic E-state index is 11.9. The largest absolute Gasteiger partial charge is 0.463 e. The minimum absolute atomic E-state index is 0.0615. The van der Waals surface area contributed by atoms with Gasteiger partial charge in [0.1, 0.15) is 12.9 Å². The van der Waals surface area contributed by atoms with Crippen LogP contribution in [0.5, 0.6) is 0 Å². The van der Waals surface area contributed by atoms with E-state index in [-0.39, 0.29) is 18.5 Å². The summed E-state index contributed by atoms with van der Waals surface area (Å²) in [6.45, 7) is 3.52. The average molecular weight is 371 g/mol. The molecule has 10 nitrogen and oxygen atoms in total. The maximum Gasteiger partial charge on any atom is 0.350 e. The summed E-state index contributed by atoms with van der Waals surface area (Å²) >= 11 is 0. The lowest BCUT2D eigenvalue weighted by Crippen LogP contribution is -2.44. The minimum Gasteiger partial charge on any atom is -0.463 e. The molecule has 1 aliphatic heterocycles. The van der Waals surface area contributed by atoms with Crippen molar-refractivity contribution < 1.29 is 24.5 Å². The van der Waals surface area contributed by atoms with Gasteiger partial charge in [-0.25, -0.2) is 14.2 Å². The van der Waals surface area contributed by atoms with E-state index in [0.717, 1.165) is 25.1 Å². The van der Waals surface area contributed by atoms with Crippen LogP contribution in [0.2, 0.25) is 0 Å². The second-order valence-corrected chi connectivity index (χ2v) is 5.34. The van der Waals surface area contributed by atoms with Gasteiger partial charge in [0, 0.05) is 20.6 Å². The second-order valence-electron chi connectivity index (χ2n) is 5.34. The molecule has 0 amide bonds. The quantitative estimate of drug-likeness (QED) is 0.443. The van der Waals surface area contributed by atoms with E-state index in [1.165, 1.54) is 0 Å². The molecule has 1 saturated heterocycles. The van der Waals surface area contributed by atoms with Crippen LogP contribution < -0.4 is 11.4 Å². The highest BCUT2D eigenvalue weighted by Crippen LogP contribution is 2.33. The molecule has 10 heteroatoms. The van der Waals surface area contributed by atoms with Crippen LogP contribution in [-0.2, 0) is 20.0 Å². The molecule has 2 rings (SSSR count). The predicted molar refractivity (Wildman–Crippen MR) is 92.1 cm³/mol. The standard InChI is InChI=1S/C14H17N3O5.2CH4O/c1-4-14(17-8-15-12(19)16-13(17)20)6-5-10(22-14)7-21-11(18)9(2)3;2*1-2/h1,8-10H,5-7H2,2-3H3,(H,16,19,20);2*2H,1H3. The SMILES string of the molecule is C#CC1(n2cnc(=O)[nH]c2=O)CCC(COC(=O)C(C)C)O1.CO.CO. The Hall–Kier alpha value is -2.48. The lowest BCUT2D eigenvalue weighted by Gasteiger charge is -2.25. The fourth-order valence-electron chi connectivity index (χ4n) is 2.17. The van der Waals surface area contributed by atoms with Crippen LogP contribution in [0.1, 0.15) is 26.7 Å². The molecule has 1 aliphatic rings. The summed E-state index contributed by atoms with van der Waals surface area (Å²) in [6.07, 6.45) is 7.02. The molecule has 146 valence electrons. The molecule has 2 unspecified atom stereocenters. The van der Waals surface area contributed by atoms with Crippen LogP contribution in [0.4, 0.5) is 0 Å². The van der Waals surface area contributed by atoms with Crippen LogP contribution >= 0.6 is 0 Å². The van der Waals surface area contributed by atoms with Gasteiger partial charge in [0.25, 0.3) is 0 Å². The summed E-state index contributed by atoms with van der Waals surface area (Å²) < 4.78 is 11.9. The molecule has 0 saturated carbocycles. The molecule has 2 atom stereocenters. The van der Waals surface area contributed by atoms with Crippen LogP contribution in [0.15, 0.2) is 15.9 Å². The van der Waals surface area contributed by atoms with Crippen molar-refractivity contribution in [3.63, 3.8) is 0 Å². The number of H-pyrrole nitrogens is 1. The number of hydrogen-bond donors (Lipinski definition) is 3. The molecular weight excluding hydrogens is 346 g/mol. The van der Waals surface area contributed by atoms with Gasteiger partial charge in [-0.15, -0.1) is 6.42 Å². The van der Waals surface area contributed by atoms with Crippen molar-refractivity contribution in [1.29, 1.82) is 0 Å². The van der Waals surface area contributed by atoms with E-state index in [2.05, 4.69) is 10.9 Å². The van der Waals surface area contributed by atoms with Gasteiger partial charge in [-0.2, -0.15) is 4.98 Å². The van der Waals surface area contributed by atoms with E-state index in [0.29, 0.717) is 12.8 Å². The van der Waals surface area contributed by atoms with Crippen LogP contribution in [-0.4, -0.2) is 57.6 Å². The Labute approximate surface area is 150 Å². The number of esters is 1. The molecule has 1 fully saturated rings. The summed E-state index contributed by atoms with van der Waals surface area (Å²) in [6, 6.07) is 0. The topological polar surface area (TPSA) is 144 Å². The van der Waals surface area contributed by atoms with E-state index < -0.39 is 23.2 Å². The second kappa shape index (κ2) is 11.2. The molecular formula is C16H25N3O7. The summed E-state index contributed by atoms with van der Waals surface area (Å²) in [5.74, 6) is 1.87. The van der Waals surface area contributed by atoms with Gasteiger partial charge in [0.2, 0.25) is 5.72 Å². The van der Waals surface area contributed by atoms with Crippen molar-refractivity contribution in [2.75, 3.05) is 20.8 Å². The normalized spacial score (nSPS) is 20.9. The first-order valence-electron chi connectivity index (χ1n) is 7.78. The number of aromatic nitrogens is 3. The van der Waals surface area contributed by atoms with E-state index in [1.54, 1.807) is 13.8 Å². The Bertz CT molecular complexity index is 720. The van der Waals surface area contributed by atoms with Gasteiger partial charge in [-0.3, -0.25) is 9.78 Å². The molecule has 26 heavy (non-hydrogen) atoms. The molecule has 0 radical (unpaired) electrons. The van der Waals surface area contributed by atoms with Crippen molar-refractivity contribution in [3.8, 4) is 12.3 Å². The third-order valence-electron chi connectivity index (χ3n) is 3.39. The number of hydrogen-bond acceptors (Lipinski definition) is 8. The van der Waals surface area contributed by atoms with Crippen molar-refractivity contribution >= 4 is 5.97 Å². The number of rotatable bonds is 4. The highest BCUT2D eigenvalue weighted by atomic mass is 16.6. The summed E-state index contributed by atoms with van der Waals surface area (Å²) in [5.41, 5.74) is -2.78. The molecule has 1 aromatic heterocycles. The summed E-state index contributed by atoms with van der Waals surface area (Å²) in [7, 11) is 2.00. The fraction of sp³-hybridized carbons (Fsp3) is 0.625. The van der Waals surface area contributed by atoms with Gasteiger partial charge < -0.3 is 19.7 Å². The molecule has 1 aromatic rings. The molecule has 0 spiro atoms. The van der Waals surface area contributed by atoms with Crippen molar-refractivity contribution in [2.45, 2.75) is 38.5 Å². The van der Waals surface area contributed by atoms with E-state index in [4.69, 9.17) is 26.1 Å². The zero-order valence-electron chi connectivity index (χ0n) is 15.3. The Kier molecular flexibility index (Phi) is 10.1. The number of carbonyl (C=O) groups excluding carboxylic acids is 1. The Morgan fingerprint density at radius 1 is 1.50 bits per heavy atom. The van der Waals surface area contributed by atoms with E-state index in [9.17, 15) is 14.4 Å². The summed E-state index contributed by atoms with van der Waals surface area (Å²) in [4.78, 5) is 39.9. The zero-order chi connectivity index (χ0) is 20.3. The number of nitrogens with one attached hydrogen (secondary N) is 1. The van der Waals surface area contributed by atoms with E-state index in [1.807, 2.05) is 4.98 Å². The van der Waals surface area contributed by atoms with E-state index >= 15 is 0 Å². The number of aliphatic hydroxyl groups is 2. The number of aromatic amines is 1. The molecule has 0 bridgehead atoms. The van der Waals surface area contributed by atoms with Crippen LogP contribution in [0, 0.1) is 18.3 Å². The first-order chi connectivity index (χ1) is 12.4. The molecule has 0 aromatic carbocycles. The van der Waals surface area contributed by atoms with Gasteiger partial charge in [-0.1, -0.05) is 13.8 Å². The van der Waals surface area contributed by atoms with Crippen LogP contribution in [0.3, 0.4) is 0 Å².